The normalized spacial score (nSPS) is 13.6. The van der Waals surface area contributed by atoms with E-state index in [4.69, 9.17) is 16.2 Å². The van der Waals surface area contributed by atoms with Crippen LogP contribution < -0.4 is 16.4 Å². The van der Waals surface area contributed by atoms with Crippen molar-refractivity contribution in [2.24, 2.45) is 11.7 Å². The average molecular weight is 272 g/mol. The number of unbranched alkanes of at least 4 members (excludes halogenated alkanes) is 3. The lowest BCUT2D eigenvalue weighted by molar-refractivity contribution is -0.140. The van der Waals surface area contributed by atoms with Crippen molar-refractivity contribution in [1.29, 1.82) is 5.41 Å². The molecule has 0 saturated heterocycles. The number of carboxylic acids is 1. The summed E-state index contributed by atoms with van der Waals surface area (Å²) in [6.45, 7) is 2.72. The molecule has 2 atom stereocenters. The van der Waals surface area contributed by atoms with Gasteiger partial charge in [-0.1, -0.05) is 32.6 Å². The van der Waals surface area contributed by atoms with E-state index >= 15 is 0 Å². The highest BCUT2D eigenvalue weighted by molar-refractivity contribution is 5.76. The third-order valence-corrected chi connectivity index (χ3v) is 3.29. The van der Waals surface area contributed by atoms with Gasteiger partial charge in [0.25, 0.3) is 0 Å². The van der Waals surface area contributed by atoms with Crippen molar-refractivity contribution in [2.45, 2.75) is 51.5 Å². The van der Waals surface area contributed by atoms with Crippen molar-refractivity contribution in [2.75, 3.05) is 13.6 Å². The Morgan fingerprint density at radius 2 is 2.00 bits per heavy atom. The topological polar surface area (TPSA) is 111 Å². The van der Waals surface area contributed by atoms with E-state index in [9.17, 15) is 4.79 Å². The first-order chi connectivity index (χ1) is 9.02. The molecule has 6 heteroatoms. The molecular weight excluding hydrogens is 244 g/mol. The molecule has 0 aromatic carbocycles. The van der Waals surface area contributed by atoms with Crippen LogP contribution in [0.3, 0.4) is 0 Å². The molecule has 0 aromatic heterocycles. The molecule has 0 aliphatic heterocycles. The average Bonchev–Trinajstić information content (AvgIpc) is 2.40. The molecule has 0 spiro atoms. The van der Waals surface area contributed by atoms with Gasteiger partial charge in [-0.2, -0.15) is 0 Å². The van der Waals surface area contributed by atoms with Crippen LogP contribution in [-0.4, -0.2) is 36.7 Å². The Kier molecular flexibility index (Phi) is 9.88. The summed E-state index contributed by atoms with van der Waals surface area (Å²) in [4.78, 5) is 11.0. The second kappa shape index (κ2) is 10.6. The monoisotopic (exact) mass is 272 g/mol. The summed E-state index contributed by atoms with van der Waals surface area (Å²) in [5.74, 6) is -0.732. The van der Waals surface area contributed by atoms with Gasteiger partial charge < -0.3 is 21.5 Å². The van der Waals surface area contributed by atoms with Crippen molar-refractivity contribution in [3.05, 3.63) is 0 Å². The van der Waals surface area contributed by atoms with Gasteiger partial charge in [0, 0.05) is 13.6 Å². The number of carboxylic acid groups (broad SMARTS) is 1. The number of nitrogens with one attached hydrogen (secondary N) is 3. The van der Waals surface area contributed by atoms with E-state index in [-0.39, 0.29) is 11.9 Å². The molecule has 0 fully saturated rings. The molecule has 0 amide bonds. The smallest absolute Gasteiger partial charge is 0.320 e. The van der Waals surface area contributed by atoms with Crippen LogP contribution in [-0.2, 0) is 4.79 Å². The molecule has 0 aliphatic carbocycles. The lowest BCUT2D eigenvalue weighted by Crippen LogP contribution is -2.41. The van der Waals surface area contributed by atoms with Crippen molar-refractivity contribution in [3.8, 4) is 0 Å². The fourth-order valence-electron chi connectivity index (χ4n) is 2.01. The summed E-state index contributed by atoms with van der Waals surface area (Å²) in [5, 5.41) is 22.0. The summed E-state index contributed by atoms with van der Waals surface area (Å²) in [5.41, 5.74) is 5.73. The second-order valence-corrected chi connectivity index (χ2v) is 4.81. The van der Waals surface area contributed by atoms with Gasteiger partial charge >= 0.3 is 5.97 Å². The van der Waals surface area contributed by atoms with Crippen LogP contribution in [0, 0.1) is 11.3 Å². The van der Waals surface area contributed by atoms with Crippen molar-refractivity contribution in [1.82, 2.24) is 10.6 Å². The zero-order valence-corrected chi connectivity index (χ0v) is 12.0. The van der Waals surface area contributed by atoms with E-state index in [2.05, 4.69) is 17.6 Å². The second-order valence-electron chi connectivity index (χ2n) is 4.81. The van der Waals surface area contributed by atoms with Gasteiger partial charge in [-0.15, -0.1) is 0 Å². The Balaban J connectivity index is 4.10. The fraction of sp³-hybridized carbons (Fsp3) is 0.846. The summed E-state index contributed by atoms with van der Waals surface area (Å²) >= 11 is 0. The van der Waals surface area contributed by atoms with E-state index in [0.717, 1.165) is 25.7 Å². The van der Waals surface area contributed by atoms with E-state index in [1.54, 1.807) is 7.05 Å². The Morgan fingerprint density at radius 1 is 1.32 bits per heavy atom. The van der Waals surface area contributed by atoms with Crippen LogP contribution in [0.1, 0.15) is 45.4 Å². The number of guanidine groups is 1. The molecular formula is C13H28N4O2. The molecule has 0 heterocycles. The Bertz CT molecular complexity index is 271. The lowest BCUT2D eigenvalue weighted by atomic mass is 9.90. The summed E-state index contributed by atoms with van der Waals surface area (Å²) in [7, 11) is 1.67. The molecule has 0 aliphatic rings. The maximum Gasteiger partial charge on any atom is 0.320 e. The quantitative estimate of drug-likeness (QED) is 0.232. The molecule has 0 saturated carbocycles. The number of hydrogen-bond acceptors (Lipinski definition) is 3. The first-order valence-electron chi connectivity index (χ1n) is 7.01. The number of hydrogen-bond donors (Lipinski definition) is 5. The SMILES string of the molecule is CCCCCCC(CCNC(=N)NC)C(N)C(=O)O. The highest BCUT2D eigenvalue weighted by Crippen LogP contribution is 2.17. The molecule has 6 nitrogen and oxygen atoms in total. The Morgan fingerprint density at radius 3 is 2.53 bits per heavy atom. The molecule has 0 radical (unpaired) electrons. The third-order valence-electron chi connectivity index (χ3n) is 3.29. The van der Waals surface area contributed by atoms with Crippen molar-refractivity contribution in [3.63, 3.8) is 0 Å². The van der Waals surface area contributed by atoms with Gasteiger partial charge in [0.1, 0.15) is 6.04 Å². The number of rotatable bonds is 10. The van der Waals surface area contributed by atoms with Crippen LogP contribution in [0.2, 0.25) is 0 Å². The molecule has 6 N–H and O–H groups in total. The summed E-state index contributed by atoms with van der Waals surface area (Å²) in [6, 6.07) is -0.813. The van der Waals surface area contributed by atoms with Gasteiger partial charge in [0.05, 0.1) is 0 Å². The van der Waals surface area contributed by atoms with Crippen LogP contribution in [0.5, 0.6) is 0 Å². The summed E-state index contributed by atoms with van der Waals surface area (Å²) in [6.07, 6.45) is 5.99. The molecule has 0 bridgehead atoms. The summed E-state index contributed by atoms with van der Waals surface area (Å²) < 4.78 is 0. The van der Waals surface area contributed by atoms with Gasteiger partial charge in [-0.05, 0) is 18.8 Å². The maximum atomic E-state index is 11.0. The van der Waals surface area contributed by atoms with Crippen LogP contribution in [0.25, 0.3) is 0 Å². The molecule has 0 rings (SSSR count). The first kappa shape index (κ1) is 17.7. The molecule has 0 aromatic rings. The van der Waals surface area contributed by atoms with E-state index in [0.29, 0.717) is 13.0 Å². The first-order valence-corrected chi connectivity index (χ1v) is 7.01. The van der Waals surface area contributed by atoms with E-state index in [1.807, 2.05) is 0 Å². The van der Waals surface area contributed by atoms with Crippen LogP contribution in [0.15, 0.2) is 0 Å². The van der Waals surface area contributed by atoms with E-state index in [1.165, 1.54) is 6.42 Å². The molecule has 2 unspecified atom stereocenters. The van der Waals surface area contributed by atoms with E-state index < -0.39 is 12.0 Å². The minimum absolute atomic E-state index is 0.0356. The van der Waals surface area contributed by atoms with Crippen LogP contribution in [0.4, 0.5) is 0 Å². The van der Waals surface area contributed by atoms with Gasteiger partial charge in [0.2, 0.25) is 0 Å². The van der Waals surface area contributed by atoms with Crippen molar-refractivity contribution < 1.29 is 9.90 Å². The predicted octanol–water partition coefficient (Wildman–Crippen LogP) is 1.12. The van der Waals surface area contributed by atoms with Gasteiger partial charge in [-0.3, -0.25) is 10.2 Å². The fourth-order valence-corrected chi connectivity index (χ4v) is 2.01. The number of nitrogens with two attached hydrogens (primary N) is 1. The largest absolute Gasteiger partial charge is 0.480 e. The maximum absolute atomic E-state index is 11.0. The minimum Gasteiger partial charge on any atom is -0.480 e. The predicted molar refractivity (Wildman–Crippen MR) is 77.3 cm³/mol. The molecule has 112 valence electrons. The zero-order valence-electron chi connectivity index (χ0n) is 12.0. The Hall–Kier alpha value is -1.30. The standard InChI is InChI=1S/C13H28N4O2/c1-3-4-5-6-7-10(11(14)12(18)19)8-9-17-13(15)16-2/h10-11H,3-9,14H2,1-2H3,(H,18,19)(H3,15,16,17). The van der Waals surface area contributed by atoms with Gasteiger partial charge in [-0.25, -0.2) is 0 Å². The van der Waals surface area contributed by atoms with Crippen molar-refractivity contribution >= 4 is 11.9 Å². The lowest BCUT2D eigenvalue weighted by Gasteiger charge is -2.21. The van der Waals surface area contributed by atoms with Crippen LogP contribution >= 0.6 is 0 Å². The zero-order chi connectivity index (χ0) is 14.7. The Labute approximate surface area is 115 Å². The minimum atomic E-state index is -0.941. The highest BCUT2D eigenvalue weighted by atomic mass is 16.4. The molecule has 19 heavy (non-hydrogen) atoms. The number of aliphatic carboxylic acids is 1. The highest BCUT2D eigenvalue weighted by Gasteiger charge is 2.23. The third kappa shape index (κ3) is 8.42. The van der Waals surface area contributed by atoms with Gasteiger partial charge in [0.15, 0.2) is 5.96 Å². The number of carbonyl (C=O) groups is 1.